The van der Waals surface area contributed by atoms with Gasteiger partial charge in [-0.25, -0.2) is 12.6 Å². The van der Waals surface area contributed by atoms with E-state index >= 15 is 0 Å². The molecule has 1 heterocycles. The molecule has 236 valence electrons. The smallest absolute Gasteiger partial charge is 0.397 e. The fraction of sp³-hybridized carbons (Fsp3) is 0.0952. The number of rotatable bonds is 11. The number of anilines is 4. The van der Waals surface area contributed by atoms with Crippen molar-refractivity contribution < 1.29 is 61.0 Å². The van der Waals surface area contributed by atoms with E-state index in [4.69, 9.17) is 4.55 Å². The van der Waals surface area contributed by atoms with Crippen LogP contribution in [-0.4, -0.2) is 79.7 Å². The zero-order valence-corrected chi connectivity index (χ0v) is 24.6. The SMILES string of the molecule is O=S(=O)(O)OCCS(=O)(=O)c1ccc(Nc2nc(F)nc(Nc3cc(S(=O)(=O)O)cc4cc(S(=O)(=O)O)cc(O)c34)n2)cc1. The molecule has 0 aliphatic heterocycles. The topological polar surface area (TPSA) is 289 Å². The van der Waals surface area contributed by atoms with Crippen LogP contribution in [0.15, 0.2) is 63.2 Å². The Kier molecular flexibility index (Phi) is 8.78. The van der Waals surface area contributed by atoms with Crippen molar-refractivity contribution in [1.82, 2.24) is 15.0 Å². The van der Waals surface area contributed by atoms with Crippen LogP contribution in [0.1, 0.15) is 0 Å². The molecule has 1 aromatic heterocycles. The van der Waals surface area contributed by atoms with Crippen LogP contribution < -0.4 is 10.6 Å². The van der Waals surface area contributed by atoms with Crippen molar-refractivity contribution in [2.24, 2.45) is 0 Å². The first kappa shape index (κ1) is 32.8. The summed E-state index contributed by atoms with van der Waals surface area (Å²) in [7, 11) is -18.6. The van der Waals surface area contributed by atoms with Crippen LogP contribution in [0.5, 0.6) is 5.75 Å². The molecule has 23 heteroatoms. The summed E-state index contributed by atoms with van der Waals surface area (Å²) in [5.41, 5.74) is -0.220. The van der Waals surface area contributed by atoms with Gasteiger partial charge in [-0.3, -0.25) is 13.7 Å². The summed E-state index contributed by atoms with van der Waals surface area (Å²) in [4.78, 5) is 8.94. The van der Waals surface area contributed by atoms with Gasteiger partial charge in [-0.15, -0.1) is 0 Å². The quantitative estimate of drug-likeness (QED) is 0.121. The maximum absolute atomic E-state index is 14.3. The number of aromatic hydroxyl groups is 1. The molecule has 6 N–H and O–H groups in total. The molecule has 0 spiro atoms. The van der Waals surface area contributed by atoms with Crippen molar-refractivity contribution in [3.8, 4) is 5.75 Å². The fourth-order valence-corrected chi connectivity index (χ4v) is 6.23. The summed E-state index contributed by atoms with van der Waals surface area (Å²) < 4.78 is 139. The second kappa shape index (κ2) is 11.8. The van der Waals surface area contributed by atoms with Crippen LogP contribution in [-0.2, 0) is 44.7 Å². The molecular formula is C21H18FN5O13S4. The van der Waals surface area contributed by atoms with E-state index < -0.39 is 86.3 Å². The summed E-state index contributed by atoms with van der Waals surface area (Å²) in [6, 6.07) is 7.73. The molecule has 18 nitrogen and oxygen atoms in total. The molecule has 0 amide bonds. The van der Waals surface area contributed by atoms with Crippen molar-refractivity contribution in [2.75, 3.05) is 23.0 Å². The highest BCUT2D eigenvalue weighted by atomic mass is 32.3. The summed E-state index contributed by atoms with van der Waals surface area (Å²) >= 11 is 0. The first-order valence-corrected chi connectivity index (χ1v) is 17.3. The van der Waals surface area contributed by atoms with Crippen molar-refractivity contribution >= 4 is 74.5 Å². The first-order chi connectivity index (χ1) is 20.2. The largest absolute Gasteiger partial charge is 0.507 e. The van der Waals surface area contributed by atoms with E-state index in [1.165, 1.54) is 12.1 Å². The van der Waals surface area contributed by atoms with E-state index in [0.29, 0.717) is 6.07 Å². The third kappa shape index (κ3) is 8.08. The number of nitrogens with one attached hydrogen (secondary N) is 2. The Labute approximate surface area is 248 Å². The second-order valence-electron chi connectivity index (χ2n) is 8.56. The highest BCUT2D eigenvalue weighted by Crippen LogP contribution is 2.37. The average Bonchev–Trinajstić information content (AvgIpc) is 2.86. The van der Waals surface area contributed by atoms with Gasteiger partial charge in [0.1, 0.15) is 5.75 Å². The minimum absolute atomic E-state index is 0.129. The number of hydrogen-bond donors (Lipinski definition) is 6. The van der Waals surface area contributed by atoms with E-state index in [9.17, 15) is 52.3 Å². The Hall–Kier alpha value is -4.10. The standard InChI is InChI=1S/C21H18FN5O13S4/c22-19-25-20(23-12-1-3-13(4-2-12)41(29,30)6-5-40-44(37,38)39)27-21(26-19)24-16-9-14(42(31,32)33)7-11-8-15(43(34,35)36)10-17(28)18(11)16/h1-4,7-10,28H,5-6H2,(H,31,32,33)(H,34,35,36)(H,37,38,39)(H2,23,24,25,26,27). The third-order valence-electron chi connectivity index (χ3n) is 5.48. The fourth-order valence-electron chi connectivity index (χ4n) is 3.66. The van der Waals surface area contributed by atoms with Gasteiger partial charge >= 0.3 is 16.5 Å². The van der Waals surface area contributed by atoms with Crippen LogP contribution in [0.2, 0.25) is 0 Å². The summed E-state index contributed by atoms with van der Waals surface area (Å²) in [5.74, 6) is -2.59. The highest BCUT2D eigenvalue weighted by Gasteiger charge is 2.21. The number of fused-ring (bicyclic) bond motifs is 1. The Bertz CT molecular complexity index is 2210. The van der Waals surface area contributed by atoms with Crippen molar-refractivity contribution in [1.29, 1.82) is 0 Å². The van der Waals surface area contributed by atoms with E-state index in [2.05, 4.69) is 29.8 Å². The van der Waals surface area contributed by atoms with Gasteiger partial charge in [0.25, 0.3) is 20.2 Å². The molecule has 0 saturated heterocycles. The van der Waals surface area contributed by atoms with Gasteiger partial charge in [0.2, 0.25) is 11.9 Å². The van der Waals surface area contributed by atoms with E-state index in [1.54, 1.807) is 0 Å². The normalized spacial score (nSPS) is 12.7. The average molecular weight is 696 g/mol. The summed E-state index contributed by atoms with van der Waals surface area (Å²) in [5, 5.41) is 15.0. The van der Waals surface area contributed by atoms with Crippen LogP contribution in [0.4, 0.5) is 27.7 Å². The van der Waals surface area contributed by atoms with Gasteiger partial charge in [-0.2, -0.15) is 44.6 Å². The van der Waals surface area contributed by atoms with Crippen molar-refractivity contribution in [2.45, 2.75) is 14.7 Å². The van der Waals surface area contributed by atoms with Crippen LogP contribution in [0.25, 0.3) is 10.8 Å². The maximum Gasteiger partial charge on any atom is 0.397 e. The molecule has 0 radical (unpaired) electrons. The molecule has 3 aromatic carbocycles. The second-order valence-corrected chi connectivity index (χ2v) is 14.6. The first-order valence-electron chi connectivity index (χ1n) is 11.4. The number of benzene rings is 3. The lowest BCUT2D eigenvalue weighted by molar-refractivity contribution is 0.284. The molecule has 0 unspecified atom stereocenters. The van der Waals surface area contributed by atoms with Gasteiger partial charge in [0.15, 0.2) is 9.84 Å². The predicted molar refractivity (Wildman–Crippen MR) is 148 cm³/mol. The molecule has 44 heavy (non-hydrogen) atoms. The zero-order chi connectivity index (χ0) is 32.7. The molecule has 0 saturated carbocycles. The molecule has 0 fully saturated rings. The minimum Gasteiger partial charge on any atom is -0.507 e. The van der Waals surface area contributed by atoms with Gasteiger partial charge in [-0.1, -0.05) is 0 Å². The Morgan fingerprint density at radius 2 is 1.27 bits per heavy atom. The molecule has 0 atom stereocenters. The third-order valence-corrected chi connectivity index (χ3v) is 9.30. The predicted octanol–water partition coefficient (Wildman–Crippen LogP) is 1.44. The number of phenols is 1. The number of hydrogen-bond acceptors (Lipinski definition) is 15. The van der Waals surface area contributed by atoms with Crippen LogP contribution in [0, 0.1) is 6.08 Å². The molecule has 0 bridgehead atoms. The zero-order valence-electron chi connectivity index (χ0n) is 21.3. The van der Waals surface area contributed by atoms with E-state index in [0.717, 1.165) is 30.3 Å². The number of aromatic nitrogens is 3. The van der Waals surface area contributed by atoms with Crippen LogP contribution in [0.3, 0.4) is 0 Å². The number of sulfone groups is 1. The molecule has 0 aliphatic rings. The van der Waals surface area contributed by atoms with Gasteiger partial charge < -0.3 is 15.7 Å². The Balaban J connectivity index is 1.65. The lowest BCUT2D eigenvalue weighted by Gasteiger charge is -2.14. The van der Waals surface area contributed by atoms with Crippen molar-refractivity contribution in [3.05, 3.63) is 54.6 Å². The molecular weight excluding hydrogens is 678 g/mol. The Morgan fingerprint density at radius 1 is 0.727 bits per heavy atom. The molecule has 4 rings (SSSR count). The lowest BCUT2D eigenvalue weighted by Crippen LogP contribution is -2.15. The number of phenolic OH excluding ortho intramolecular Hbond substituents is 1. The van der Waals surface area contributed by atoms with Gasteiger partial charge in [-0.05, 0) is 47.9 Å². The van der Waals surface area contributed by atoms with E-state index in [-0.39, 0.29) is 27.0 Å². The maximum atomic E-state index is 14.3. The van der Waals surface area contributed by atoms with Gasteiger partial charge in [0.05, 0.1) is 32.7 Å². The summed E-state index contributed by atoms with van der Waals surface area (Å²) in [6.07, 6.45) is -1.36. The van der Waals surface area contributed by atoms with Crippen molar-refractivity contribution in [3.63, 3.8) is 0 Å². The molecule has 0 aliphatic carbocycles. The summed E-state index contributed by atoms with van der Waals surface area (Å²) in [6.45, 7) is -0.844. The number of nitrogens with zero attached hydrogens (tertiary/aromatic N) is 3. The Morgan fingerprint density at radius 3 is 1.82 bits per heavy atom. The van der Waals surface area contributed by atoms with Crippen LogP contribution >= 0.6 is 0 Å². The van der Waals surface area contributed by atoms with E-state index in [1.807, 2.05) is 0 Å². The lowest BCUT2D eigenvalue weighted by atomic mass is 10.1. The number of halogens is 1. The van der Waals surface area contributed by atoms with Gasteiger partial charge in [0, 0.05) is 17.1 Å². The molecule has 4 aromatic rings. The minimum atomic E-state index is -4.91. The monoisotopic (exact) mass is 695 g/mol. The highest BCUT2D eigenvalue weighted by molar-refractivity contribution is 7.91.